The molecule has 26 heavy (non-hydrogen) atoms. The van der Waals surface area contributed by atoms with Crippen molar-refractivity contribution in [1.29, 1.82) is 0 Å². The molecule has 0 amide bonds. The Balaban J connectivity index is 1.40. The van der Waals surface area contributed by atoms with E-state index in [1.165, 1.54) is 0 Å². The molecule has 9 atom stereocenters. The summed E-state index contributed by atoms with van der Waals surface area (Å²) in [5.74, 6) is 2.74. The van der Waals surface area contributed by atoms with Gasteiger partial charge in [-0.1, -0.05) is 0 Å². The van der Waals surface area contributed by atoms with Crippen LogP contribution in [-0.2, 0) is 4.79 Å². The summed E-state index contributed by atoms with van der Waals surface area (Å²) < 4.78 is 41.7. The Morgan fingerprint density at radius 3 is 2.46 bits per heavy atom. The molecule has 0 aromatic carbocycles. The quantitative estimate of drug-likeness (QED) is 0.409. The van der Waals surface area contributed by atoms with Crippen LogP contribution >= 0.6 is 0 Å². The molecule has 6 heteroatoms. The molecule has 148 valence electrons. The topological polar surface area (TPSA) is 37.3 Å². The summed E-state index contributed by atoms with van der Waals surface area (Å²) in [5.41, 5.74) is -2.61. The molecule has 0 radical (unpaired) electrons. The van der Waals surface area contributed by atoms with E-state index in [0.29, 0.717) is 45.7 Å². The second-order valence-corrected chi connectivity index (χ2v) is 13.0. The van der Waals surface area contributed by atoms with Crippen molar-refractivity contribution >= 4 is 5.78 Å². The molecule has 0 aromatic heterocycles. The molecule has 5 rings (SSSR count). The number of alkyl halides is 5. The van der Waals surface area contributed by atoms with E-state index in [0.717, 1.165) is 30.1 Å². The van der Waals surface area contributed by atoms with Crippen LogP contribution in [0.1, 0.15) is 51.9 Å². The molecule has 1 aliphatic heterocycles. The zero-order chi connectivity index (χ0) is 18.5. The van der Waals surface area contributed by atoms with Crippen LogP contribution in [0.3, 0.4) is 0 Å². The van der Waals surface area contributed by atoms with Crippen molar-refractivity contribution in [3.05, 3.63) is 0 Å². The van der Waals surface area contributed by atoms with Gasteiger partial charge in [-0.3, -0.25) is 0 Å². The molecular formula is C20H27F3IO2-. The first-order chi connectivity index (χ1) is 12.2. The van der Waals surface area contributed by atoms with Crippen LogP contribution in [0.4, 0.5) is 13.2 Å². The SMILES string of the molecule is C[C@]12CC[C@H]3[C@@H](CC[C@@H]4C[C@@](O)(C(F)(F)F)CC[C@@H]43)[C@@H]1[C@H]1[I-]C[C@H]1C2=O. The normalized spacial score (nSPS) is 56.3. The third-order valence-electron chi connectivity index (χ3n) is 8.85. The van der Waals surface area contributed by atoms with E-state index in [-0.39, 0.29) is 45.4 Å². The van der Waals surface area contributed by atoms with E-state index in [9.17, 15) is 23.1 Å². The van der Waals surface area contributed by atoms with Crippen molar-refractivity contribution in [1.82, 2.24) is 0 Å². The van der Waals surface area contributed by atoms with Gasteiger partial charge >= 0.3 is 163 Å². The molecule has 4 aliphatic carbocycles. The van der Waals surface area contributed by atoms with Crippen molar-refractivity contribution in [2.45, 2.75) is 67.6 Å². The average Bonchev–Trinajstić information content (AvgIpc) is 2.69. The predicted octanol–water partition coefficient (Wildman–Crippen LogP) is 0.809. The summed E-state index contributed by atoms with van der Waals surface area (Å²) in [6.07, 6.45) is -0.524. The number of ketones is 1. The van der Waals surface area contributed by atoms with Gasteiger partial charge in [-0.2, -0.15) is 0 Å². The predicted molar refractivity (Wildman–Crippen MR) is 86.0 cm³/mol. The number of rotatable bonds is 0. The van der Waals surface area contributed by atoms with E-state index in [1.807, 2.05) is 0 Å². The first-order valence-corrected chi connectivity index (χ1v) is 12.8. The fraction of sp³-hybridized carbons (Fsp3) is 0.950. The van der Waals surface area contributed by atoms with Gasteiger partial charge in [0, 0.05) is 0 Å². The van der Waals surface area contributed by atoms with Crippen LogP contribution in [0.25, 0.3) is 0 Å². The van der Waals surface area contributed by atoms with Gasteiger partial charge in [0.15, 0.2) is 0 Å². The molecule has 5 fully saturated rings. The Hall–Kier alpha value is 0.150. The Morgan fingerprint density at radius 2 is 1.81 bits per heavy atom. The van der Waals surface area contributed by atoms with Crippen molar-refractivity contribution in [3.63, 3.8) is 0 Å². The Kier molecular flexibility index (Phi) is 3.92. The number of halogens is 4. The van der Waals surface area contributed by atoms with Crippen molar-refractivity contribution in [2.24, 2.45) is 40.9 Å². The van der Waals surface area contributed by atoms with Crippen LogP contribution in [0.2, 0.25) is 0 Å². The average molecular weight is 483 g/mol. The van der Waals surface area contributed by atoms with Crippen LogP contribution in [0, 0.1) is 40.9 Å². The fourth-order valence-corrected chi connectivity index (χ4v) is 11.7. The summed E-state index contributed by atoms with van der Waals surface area (Å²) in [5, 5.41) is 10.2. The van der Waals surface area contributed by atoms with Crippen molar-refractivity contribution in [2.75, 3.05) is 4.43 Å². The molecule has 0 aromatic rings. The van der Waals surface area contributed by atoms with Gasteiger partial charge in [-0.05, 0) is 0 Å². The number of aliphatic hydroxyl groups is 1. The molecule has 0 unspecified atom stereocenters. The molecule has 1 heterocycles. The van der Waals surface area contributed by atoms with Gasteiger partial charge in [0.1, 0.15) is 0 Å². The summed E-state index contributed by atoms with van der Waals surface area (Å²) in [6.45, 7) is 2.20. The minimum atomic E-state index is -4.51. The maximum absolute atomic E-state index is 13.3. The molecular weight excluding hydrogens is 456 g/mol. The Morgan fingerprint density at radius 1 is 1.08 bits per heavy atom. The second-order valence-electron chi connectivity index (χ2n) is 9.81. The van der Waals surface area contributed by atoms with Gasteiger partial charge in [0.25, 0.3) is 0 Å². The van der Waals surface area contributed by atoms with Crippen LogP contribution in [0.15, 0.2) is 0 Å². The molecule has 5 aliphatic rings. The second kappa shape index (κ2) is 5.61. The van der Waals surface area contributed by atoms with E-state index in [2.05, 4.69) is 6.92 Å². The molecule has 1 saturated heterocycles. The van der Waals surface area contributed by atoms with Gasteiger partial charge in [0.05, 0.1) is 0 Å². The Bertz CT molecular complexity index is 637. The van der Waals surface area contributed by atoms with Crippen LogP contribution in [0.5, 0.6) is 0 Å². The summed E-state index contributed by atoms with van der Waals surface area (Å²) in [6, 6.07) is 0. The number of carbonyl (C=O) groups excluding carboxylic acids is 1. The molecule has 0 spiro atoms. The summed E-state index contributed by atoms with van der Waals surface area (Å²) in [4.78, 5) is 12.9. The third-order valence-corrected chi connectivity index (χ3v) is 13.0. The van der Waals surface area contributed by atoms with Gasteiger partial charge < -0.3 is 0 Å². The number of hydrogen-bond donors (Lipinski definition) is 1. The first-order valence-electron chi connectivity index (χ1n) is 10.1. The van der Waals surface area contributed by atoms with Crippen LogP contribution < -0.4 is 21.2 Å². The molecule has 1 N–H and O–H groups in total. The standard InChI is InChI=1S/C20H27F3IO2/c1-18-6-4-12-11-5-7-19(26,20(21,22)23)8-10(11)2-3-13(12)15(18)16-14(9-24-16)17(18)25/h10-16,26H,2-9H2,1H3/q-1/t10-,11+,12-,13-,14-,15-,16+,18+,19-/m1/s1. The van der Waals surface area contributed by atoms with E-state index in [4.69, 9.17) is 0 Å². The van der Waals surface area contributed by atoms with Crippen molar-refractivity contribution in [3.8, 4) is 0 Å². The maximum atomic E-state index is 13.3. The monoisotopic (exact) mass is 483 g/mol. The fourth-order valence-electron chi connectivity index (χ4n) is 7.52. The minimum absolute atomic E-state index is 0.00460. The summed E-state index contributed by atoms with van der Waals surface area (Å²) in [7, 11) is 0. The zero-order valence-corrected chi connectivity index (χ0v) is 17.2. The molecule has 2 nitrogen and oxygen atoms in total. The van der Waals surface area contributed by atoms with Gasteiger partial charge in [-0.15, -0.1) is 0 Å². The number of carbonyl (C=O) groups is 1. The van der Waals surface area contributed by atoms with Gasteiger partial charge in [-0.25, -0.2) is 0 Å². The molecule has 0 bridgehead atoms. The van der Waals surface area contributed by atoms with Crippen LogP contribution in [-0.4, -0.2) is 31.0 Å². The first kappa shape index (κ1) is 18.2. The Labute approximate surface area is 162 Å². The number of Topliss-reactive ketones (excluding diaryl/α,β-unsaturated/α-hetero) is 1. The van der Waals surface area contributed by atoms with Gasteiger partial charge in [0.2, 0.25) is 0 Å². The van der Waals surface area contributed by atoms with Crippen molar-refractivity contribution < 1.29 is 44.3 Å². The third kappa shape index (κ3) is 2.23. The summed E-state index contributed by atoms with van der Waals surface area (Å²) >= 11 is 0.147. The van der Waals surface area contributed by atoms with E-state index < -0.39 is 11.8 Å². The van der Waals surface area contributed by atoms with E-state index in [1.54, 1.807) is 0 Å². The van der Waals surface area contributed by atoms with E-state index >= 15 is 0 Å². The number of fused-ring (bicyclic) bond motifs is 7. The number of hydrogen-bond acceptors (Lipinski definition) is 2. The molecule has 4 saturated carbocycles. The zero-order valence-electron chi connectivity index (χ0n) is 15.1.